The van der Waals surface area contributed by atoms with Gasteiger partial charge in [0.25, 0.3) is 0 Å². The number of benzene rings is 3. The van der Waals surface area contributed by atoms with Crippen LogP contribution in [0.4, 0.5) is 0 Å². The molecule has 8 rings (SSSR count). The van der Waals surface area contributed by atoms with Crippen molar-refractivity contribution in [1.29, 1.82) is 0 Å². The Balaban J connectivity index is 1.12. The van der Waals surface area contributed by atoms with Crippen molar-refractivity contribution >= 4 is 11.8 Å². The standard InChI is InChI=1S/C37H40O8/c1-2-42-35(39)37-31(28-18-19-36(37,33(37)32(28)38)43-22-27-16-10-5-11-17-27)34-44-29(23-40-20-25-12-6-3-7-13-25)30(45-34)24-41-21-26-14-8-4-9-15-26/h3-17,28-31,33-34H,2,18-24H2,1H3/t28-,29-,30-,31-,33?,36+,37?/m0/s1. The number of carbonyl (C=O) groups excluding carboxylic acids is 2. The zero-order valence-corrected chi connectivity index (χ0v) is 25.5. The van der Waals surface area contributed by atoms with Crippen molar-refractivity contribution in [3.63, 3.8) is 0 Å². The SMILES string of the molecule is CCOC(=O)C12C3C(=O)[C@@H](CC[C@@]31OCc1ccccc1)[C@H]2C1O[C@@H](COCc2ccccc2)[C@H](COCc2ccccc2)O1. The summed E-state index contributed by atoms with van der Waals surface area (Å²) in [5.74, 6) is -1.78. The Labute approximate surface area is 263 Å². The van der Waals surface area contributed by atoms with Crippen molar-refractivity contribution in [3.05, 3.63) is 108 Å². The Morgan fingerprint density at radius 2 is 1.29 bits per heavy atom. The minimum atomic E-state index is -1.14. The van der Waals surface area contributed by atoms with E-state index in [0.717, 1.165) is 16.7 Å². The lowest BCUT2D eigenvalue weighted by Crippen LogP contribution is -2.51. The van der Waals surface area contributed by atoms with Crippen LogP contribution < -0.4 is 0 Å². The van der Waals surface area contributed by atoms with Gasteiger partial charge in [-0.3, -0.25) is 9.59 Å². The van der Waals surface area contributed by atoms with Crippen LogP contribution in [0.2, 0.25) is 0 Å². The molecule has 4 aliphatic carbocycles. The topological polar surface area (TPSA) is 89.5 Å². The molecule has 7 atom stereocenters. The molecule has 1 saturated heterocycles. The molecule has 5 aliphatic rings. The fraction of sp³-hybridized carbons (Fsp3) is 0.459. The van der Waals surface area contributed by atoms with Crippen molar-refractivity contribution in [1.82, 2.24) is 0 Å². The lowest BCUT2D eigenvalue weighted by Gasteiger charge is -2.41. The van der Waals surface area contributed by atoms with Crippen LogP contribution in [0.5, 0.6) is 0 Å². The van der Waals surface area contributed by atoms with Gasteiger partial charge in [0.2, 0.25) is 0 Å². The van der Waals surface area contributed by atoms with Gasteiger partial charge in [-0.2, -0.15) is 0 Å². The van der Waals surface area contributed by atoms with Crippen molar-refractivity contribution in [2.24, 2.45) is 23.2 Å². The van der Waals surface area contributed by atoms with Crippen LogP contribution in [-0.4, -0.2) is 55.7 Å². The van der Waals surface area contributed by atoms with Crippen LogP contribution >= 0.6 is 0 Å². The highest BCUT2D eigenvalue weighted by atomic mass is 16.7. The van der Waals surface area contributed by atoms with E-state index in [0.29, 0.717) is 32.7 Å². The molecule has 0 N–H and O–H groups in total. The molecule has 2 unspecified atom stereocenters. The Morgan fingerprint density at radius 1 is 0.778 bits per heavy atom. The molecule has 8 heteroatoms. The summed E-state index contributed by atoms with van der Waals surface area (Å²) in [5, 5.41) is 0. The largest absolute Gasteiger partial charge is 0.465 e. The van der Waals surface area contributed by atoms with Gasteiger partial charge < -0.3 is 28.4 Å². The first kappa shape index (κ1) is 30.3. The number of carbonyl (C=O) groups is 2. The first-order chi connectivity index (χ1) is 22.1. The molecular weight excluding hydrogens is 572 g/mol. The fourth-order valence-electron chi connectivity index (χ4n) is 8.10. The normalized spacial score (nSPS) is 31.7. The van der Waals surface area contributed by atoms with Gasteiger partial charge in [-0.15, -0.1) is 0 Å². The van der Waals surface area contributed by atoms with E-state index in [2.05, 4.69) is 0 Å². The molecule has 4 saturated carbocycles. The van der Waals surface area contributed by atoms with Crippen LogP contribution in [0, 0.1) is 23.2 Å². The average molecular weight is 613 g/mol. The zero-order chi connectivity index (χ0) is 30.9. The molecule has 1 heterocycles. The van der Waals surface area contributed by atoms with Gasteiger partial charge in [-0.05, 0) is 36.5 Å². The minimum Gasteiger partial charge on any atom is -0.465 e. The summed E-state index contributed by atoms with van der Waals surface area (Å²) in [6.07, 6.45) is -0.450. The van der Waals surface area contributed by atoms with Gasteiger partial charge in [-0.25, -0.2) is 0 Å². The summed E-state index contributed by atoms with van der Waals surface area (Å²) in [6.45, 7) is 3.73. The fourth-order valence-corrected chi connectivity index (χ4v) is 8.10. The van der Waals surface area contributed by atoms with Gasteiger partial charge in [0.1, 0.15) is 23.4 Å². The third kappa shape index (κ3) is 5.32. The van der Waals surface area contributed by atoms with E-state index in [4.69, 9.17) is 28.4 Å². The van der Waals surface area contributed by atoms with Crippen LogP contribution in [0.15, 0.2) is 91.0 Å². The van der Waals surface area contributed by atoms with Crippen molar-refractivity contribution in [2.75, 3.05) is 19.8 Å². The monoisotopic (exact) mass is 612 g/mol. The molecular formula is C37H40O8. The van der Waals surface area contributed by atoms with Crippen LogP contribution in [0.3, 0.4) is 0 Å². The van der Waals surface area contributed by atoms with Crippen LogP contribution in [0.1, 0.15) is 36.5 Å². The van der Waals surface area contributed by atoms with Crippen molar-refractivity contribution in [3.8, 4) is 0 Å². The van der Waals surface area contributed by atoms with Crippen LogP contribution in [-0.2, 0) is 57.8 Å². The quantitative estimate of drug-likeness (QED) is 0.228. The lowest BCUT2D eigenvalue weighted by molar-refractivity contribution is -0.194. The smallest absolute Gasteiger partial charge is 0.316 e. The van der Waals surface area contributed by atoms with Gasteiger partial charge in [0, 0.05) is 11.8 Å². The van der Waals surface area contributed by atoms with E-state index in [1.165, 1.54) is 0 Å². The summed E-state index contributed by atoms with van der Waals surface area (Å²) in [7, 11) is 0. The molecule has 0 radical (unpaired) electrons. The number of hydrogen-bond acceptors (Lipinski definition) is 8. The first-order valence-corrected chi connectivity index (χ1v) is 16.0. The van der Waals surface area contributed by atoms with Gasteiger partial charge >= 0.3 is 5.97 Å². The summed E-state index contributed by atoms with van der Waals surface area (Å²) in [6, 6.07) is 29.8. The second-order valence-electron chi connectivity index (χ2n) is 12.5. The van der Waals surface area contributed by atoms with E-state index >= 15 is 0 Å². The third-order valence-electron chi connectivity index (χ3n) is 10.0. The van der Waals surface area contributed by atoms with Crippen LogP contribution in [0.25, 0.3) is 0 Å². The molecule has 0 spiro atoms. The highest BCUT2D eigenvalue weighted by Gasteiger charge is 2.95. The first-order valence-electron chi connectivity index (χ1n) is 16.0. The second-order valence-corrected chi connectivity index (χ2v) is 12.5. The number of ketones is 1. The number of rotatable bonds is 14. The second kappa shape index (κ2) is 12.8. The maximum Gasteiger partial charge on any atom is 0.316 e. The molecule has 8 nitrogen and oxygen atoms in total. The summed E-state index contributed by atoms with van der Waals surface area (Å²) < 4.78 is 37.7. The van der Waals surface area contributed by atoms with E-state index in [9.17, 15) is 9.59 Å². The molecule has 3 aromatic rings. The lowest BCUT2D eigenvalue weighted by atomic mass is 9.69. The zero-order valence-electron chi connectivity index (χ0n) is 25.5. The third-order valence-corrected chi connectivity index (χ3v) is 10.0. The van der Waals surface area contributed by atoms with E-state index in [-0.39, 0.29) is 31.5 Å². The van der Waals surface area contributed by atoms with Crippen molar-refractivity contribution in [2.45, 2.75) is 63.7 Å². The number of Topliss-reactive ketones (excluding diaryl/α,β-unsaturated/α-hetero) is 1. The Kier molecular flexibility index (Phi) is 8.59. The molecule has 1 aliphatic heterocycles. The highest BCUT2D eigenvalue weighted by Crippen LogP contribution is 2.81. The van der Waals surface area contributed by atoms with E-state index in [1.807, 2.05) is 91.0 Å². The average Bonchev–Trinajstić information content (AvgIpc) is 3.40. The molecule has 0 aromatic heterocycles. The van der Waals surface area contributed by atoms with Crippen molar-refractivity contribution < 1.29 is 38.0 Å². The van der Waals surface area contributed by atoms with Gasteiger partial charge in [0.15, 0.2) is 6.29 Å². The summed E-state index contributed by atoms with van der Waals surface area (Å²) >= 11 is 0. The Bertz CT molecular complexity index is 1410. The minimum absolute atomic E-state index is 0.0558. The van der Waals surface area contributed by atoms with Gasteiger partial charge in [-0.1, -0.05) is 91.0 Å². The number of ether oxygens (including phenoxy) is 6. The summed E-state index contributed by atoms with van der Waals surface area (Å²) in [5.41, 5.74) is 1.03. The molecule has 236 valence electrons. The molecule has 5 fully saturated rings. The van der Waals surface area contributed by atoms with E-state index in [1.54, 1.807) is 6.92 Å². The molecule has 45 heavy (non-hydrogen) atoms. The Hall–Kier alpha value is -3.40. The van der Waals surface area contributed by atoms with E-state index < -0.39 is 47.3 Å². The molecule has 3 aromatic carbocycles. The predicted octanol–water partition coefficient (Wildman–Crippen LogP) is 5.27. The molecule has 4 bridgehead atoms. The predicted molar refractivity (Wildman–Crippen MR) is 163 cm³/mol. The summed E-state index contributed by atoms with van der Waals surface area (Å²) in [4.78, 5) is 27.8. The molecule has 0 amide bonds. The maximum absolute atomic E-state index is 13.9. The highest BCUT2D eigenvalue weighted by molar-refractivity contribution is 6.05. The Morgan fingerprint density at radius 3 is 1.80 bits per heavy atom. The van der Waals surface area contributed by atoms with Gasteiger partial charge in [0.05, 0.1) is 51.2 Å². The number of fused-ring (bicyclic) bond motifs is 1. The number of hydrogen-bond donors (Lipinski definition) is 0. The number of esters is 1. The maximum atomic E-state index is 13.9.